The molecule has 162 valence electrons. The van der Waals surface area contributed by atoms with Crippen molar-refractivity contribution < 1.29 is 14.3 Å². The molecule has 1 amide bonds. The van der Waals surface area contributed by atoms with Crippen molar-refractivity contribution in [3.05, 3.63) is 64.7 Å². The van der Waals surface area contributed by atoms with Crippen molar-refractivity contribution in [2.75, 3.05) is 40.0 Å². The van der Waals surface area contributed by atoms with Gasteiger partial charge >= 0.3 is 0 Å². The fourth-order valence-corrected chi connectivity index (χ4v) is 4.12. The summed E-state index contributed by atoms with van der Waals surface area (Å²) in [4.78, 5) is 15.6. The largest absolute Gasteiger partial charge is 0.497 e. The number of benzene rings is 2. The Morgan fingerprint density at radius 2 is 1.67 bits per heavy atom. The minimum Gasteiger partial charge on any atom is -0.497 e. The minimum absolute atomic E-state index is 0.0408. The SMILES string of the molecule is COc1ccc([C@@H](CNC(=O)[C@@H](c2ccc(Cl)cc2)C(C)C)N2CCOCC2)cc1. The zero-order valence-corrected chi connectivity index (χ0v) is 18.7. The van der Waals surface area contributed by atoms with Crippen LogP contribution in [0.15, 0.2) is 48.5 Å². The summed E-state index contributed by atoms with van der Waals surface area (Å²) in [5, 5.41) is 3.89. The molecule has 0 unspecified atom stereocenters. The van der Waals surface area contributed by atoms with Crippen LogP contribution >= 0.6 is 11.6 Å². The van der Waals surface area contributed by atoms with E-state index in [4.69, 9.17) is 21.1 Å². The van der Waals surface area contributed by atoms with E-state index < -0.39 is 0 Å². The average Bonchev–Trinajstić information content (AvgIpc) is 2.76. The molecule has 0 spiro atoms. The Morgan fingerprint density at radius 3 is 2.23 bits per heavy atom. The van der Waals surface area contributed by atoms with Gasteiger partial charge in [-0.1, -0.05) is 49.7 Å². The van der Waals surface area contributed by atoms with Crippen molar-refractivity contribution >= 4 is 17.5 Å². The lowest BCUT2D eigenvalue weighted by Gasteiger charge is -2.35. The van der Waals surface area contributed by atoms with Gasteiger partial charge in [-0.25, -0.2) is 0 Å². The molecule has 0 saturated carbocycles. The van der Waals surface area contributed by atoms with E-state index in [1.807, 2.05) is 36.4 Å². The summed E-state index contributed by atoms with van der Waals surface area (Å²) < 4.78 is 10.8. The van der Waals surface area contributed by atoms with Gasteiger partial charge in [-0.2, -0.15) is 0 Å². The first-order valence-electron chi connectivity index (χ1n) is 10.5. The molecule has 0 radical (unpaired) electrons. The maximum Gasteiger partial charge on any atom is 0.227 e. The lowest BCUT2D eigenvalue weighted by molar-refractivity contribution is -0.123. The van der Waals surface area contributed by atoms with Gasteiger partial charge in [-0.15, -0.1) is 0 Å². The van der Waals surface area contributed by atoms with Crippen LogP contribution in [0.3, 0.4) is 0 Å². The van der Waals surface area contributed by atoms with Crippen molar-refractivity contribution in [1.82, 2.24) is 10.2 Å². The number of amides is 1. The maximum atomic E-state index is 13.2. The van der Waals surface area contributed by atoms with E-state index in [2.05, 4.69) is 36.2 Å². The Morgan fingerprint density at radius 1 is 1.07 bits per heavy atom. The number of rotatable bonds is 8. The summed E-state index contributed by atoms with van der Waals surface area (Å²) >= 11 is 6.03. The molecule has 1 heterocycles. The Hall–Kier alpha value is -2.08. The highest BCUT2D eigenvalue weighted by Crippen LogP contribution is 2.27. The van der Waals surface area contributed by atoms with Gasteiger partial charge in [0.15, 0.2) is 0 Å². The van der Waals surface area contributed by atoms with E-state index in [0.29, 0.717) is 24.8 Å². The van der Waals surface area contributed by atoms with Crippen LogP contribution in [0.4, 0.5) is 0 Å². The van der Waals surface area contributed by atoms with Crippen molar-refractivity contribution in [3.63, 3.8) is 0 Å². The second-order valence-corrected chi connectivity index (χ2v) is 8.39. The first-order chi connectivity index (χ1) is 14.5. The number of hydrogen-bond donors (Lipinski definition) is 1. The van der Waals surface area contributed by atoms with Crippen molar-refractivity contribution in [1.29, 1.82) is 0 Å². The van der Waals surface area contributed by atoms with Crippen molar-refractivity contribution in [3.8, 4) is 5.75 Å². The van der Waals surface area contributed by atoms with E-state index >= 15 is 0 Å². The van der Waals surface area contributed by atoms with Crippen LogP contribution in [-0.4, -0.2) is 50.8 Å². The number of methoxy groups -OCH3 is 1. The fraction of sp³-hybridized carbons (Fsp3) is 0.458. The Balaban J connectivity index is 1.75. The number of hydrogen-bond acceptors (Lipinski definition) is 4. The highest BCUT2D eigenvalue weighted by Gasteiger charge is 2.27. The third kappa shape index (κ3) is 5.75. The number of carbonyl (C=O) groups is 1. The van der Waals surface area contributed by atoms with Crippen LogP contribution < -0.4 is 10.1 Å². The summed E-state index contributed by atoms with van der Waals surface area (Å²) in [5.41, 5.74) is 2.14. The molecule has 3 rings (SSSR count). The van der Waals surface area contributed by atoms with Crippen molar-refractivity contribution in [2.24, 2.45) is 5.92 Å². The average molecular weight is 431 g/mol. The molecule has 1 aliphatic heterocycles. The molecule has 1 fully saturated rings. The lowest BCUT2D eigenvalue weighted by Crippen LogP contribution is -2.44. The smallest absolute Gasteiger partial charge is 0.227 e. The Bertz CT molecular complexity index is 802. The summed E-state index contributed by atoms with van der Waals surface area (Å²) in [6.07, 6.45) is 0. The quantitative estimate of drug-likeness (QED) is 0.679. The van der Waals surface area contributed by atoms with Gasteiger partial charge in [0, 0.05) is 24.7 Å². The molecule has 2 aromatic carbocycles. The predicted octanol–water partition coefficient (Wildman–Crippen LogP) is 4.28. The highest BCUT2D eigenvalue weighted by atomic mass is 35.5. The Kier molecular flexibility index (Phi) is 8.14. The molecule has 1 N–H and O–H groups in total. The summed E-state index contributed by atoms with van der Waals surface area (Å²) in [6, 6.07) is 15.7. The third-order valence-corrected chi connectivity index (χ3v) is 5.89. The van der Waals surface area contributed by atoms with Crippen LogP contribution in [-0.2, 0) is 9.53 Å². The second kappa shape index (κ2) is 10.8. The van der Waals surface area contributed by atoms with Gasteiger partial charge in [0.25, 0.3) is 0 Å². The molecule has 0 aromatic heterocycles. The van der Waals surface area contributed by atoms with Crippen LogP contribution in [0.5, 0.6) is 5.75 Å². The van der Waals surface area contributed by atoms with Crippen LogP contribution in [0.2, 0.25) is 5.02 Å². The molecule has 6 heteroatoms. The fourth-order valence-electron chi connectivity index (χ4n) is 3.99. The normalized spacial score (nSPS) is 16.8. The maximum absolute atomic E-state index is 13.2. The zero-order chi connectivity index (χ0) is 21.5. The van der Waals surface area contributed by atoms with Crippen molar-refractivity contribution in [2.45, 2.75) is 25.8 Å². The number of ether oxygens (including phenoxy) is 2. The predicted molar refractivity (Wildman–Crippen MR) is 120 cm³/mol. The van der Waals surface area contributed by atoms with Crippen LogP contribution in [0.25, 0.3) is 0 Å². The number of morpholine rings is 1. The molecule has 0 bridgehead atoms. The van der Waals surface area contributed by atoms with Gasteiger partial charge in [0.1, 0.15) is 5.75 Å². The van der Waals surface area contributed by atoms with Gasteiger partial charge in [0.2, 0.25) is 5.91 Å². The number of nitrogens with zero attached hydrogens (tertiary/aromatic N) is 1. The first-order valence-corrected chi connectivity index (χ1v) is 10.9. The second-order valence-electron chi connectivity index (χ2n) is 7.96. The lowest BCUT2D eigenvalue weighted by atomic mass is 9.87. The molecule has 1 aliphatic rings. The molecule has 5 nitrogen and oxygen atoms in total. The van der Waals surface area contributed by atoms with Gasteiger partial charge in [-0.05, 0) is 41.3 Å². The first kappa shape index (κ1) is 22.6. The van der Waals surface area contributed by atoms with E-state index in [9.17, 15) is 4.79 Å². The third-order valence-electron chi connectivity index (χ3n) is 5.63. The number of carbonyl (C=O) groups excluding carboxylic acids is 1. The molecule has 30 heavy (non-hydrogen) atoms. The molecule has 2 aromatic rings. The van der Waals surface area contributed by atoms with Crippen LogP contribution in [0.1, 0.15) is 36.9 Å². The molecule has 2 atom stereocenters. The number of nitrogens with one attached hydrogen (secondary N) is 1. The number of halogens is 1. The molecular formula is C24H31ClN2O3. The minimum atomic E-state index is -0.219. The summed E-state index contributed by atoms with van der Waals surface area (Å²) in [7, 11) is 1.66. The van der Waals surface area contributed by atoms with E-state index in [1.165, 1.54) is 0 Å². The van der Waals surface area contributed by atoms with E-state index in [1.54, 1.807) is 7.11 Å². The Labute approximate surface area is 184 Å². The molecule has 1 saturated heterocycles. The summed E-state index contributed by atoms with van der Waals surface area (Å²) in [6.45, 7) is 7.79. The topological polar surface area (TPSA) is 50.8 Å². The molecule has 0 aliphatic carbocycles. The standard InChI is InChI=1S/C24H31ClN2O3/c1-17(2)23(19-4-8-20(25)9-5-19)24(28)26-16-22(27-12-14-30-15-13-27)18-6-10-21(29-3)11-7-18/h4-11,17,22-23H,12-16H2,1-3H3,(H,26,28)/t22-,23-/m1/s1. The van der Waals surface area contributed by atoms with Crippen LogP contribution in [0, 0.1) is 5.92 Å². The highest BCUT2D eigenvalue weighted by molar-refractivity contribution is 6.30. The monoisotopic (exact) mass is 430 g/mol. The van der Waals surface area contributed by atoms with Gasteiger partial charge in [-0.3, -0.25) is 9.69 Å². The van der Waals surface area contributed by atoms with E-state index in [0.717, 1.165) is 30.0 Å². The van der Waals surface area contributed by atoms with E-state index in [-0.39, 0.29) is 23.8 Å². The zero-order valence-electron chi connectivity index (χ0n) is 17.9. The summed E-state index contributed by atoms with van der Waals surface area (Å²) in [5.74, 6) is 0.822. The molecular weight excluding hydrogens is 400 g/mol. The van der Waals surface area contributed by atoms with Gasteiger partial charge < -0.3 is 14.8 Å². The van der Waals surface area contributed by atoms with Gasteiger partial charge in [0.05, 0.1) is 32.3 Å².